The normalized spacial score (nSPS) is 9.95. The molecular formula is C15H13N3O4. The van der Waals surface area contributed by atoms with Crippen LogP contribution < -0.4 is 5.32 Å². The lowest BCUT2D eigenvalue weighted by Crippen LogP contribution is -2.06. The van der Waals surface area contributed by atoms with Gasteiger partial charge in [0.2, 0.25) is 0 Å². The number of nitriles is 1. The molecular weight excluding hydrogens is 286 g/mol. The van der Waals surface area contributed by atoms with Crippen LogP contribution in [0.3, 0.4) is 0 Å². The van der Waals surface area contributed by atoms with E-state index in [0.717, 1.165) is 5.56 Å². The molecule has 112 valence electrons. The summed E-state index contributed by atoms with van der Waals surface area (Å²) in [6, 6.07) is 10.4. The van der Waals surface area contributed by atoms with E-state index in [2.05, 4.69) is 5.32 Å². The summed E-state index contributed by atoms with van der Waals surface area (Å²) in [6.45, 7) is 0.417. The number of hydrogen-bond acceptors (Lipinski definition) is 6. The Hall–Kier alpha value is -3.27. The van der Waals surface area contributed by atoms with Crippen molar-refractivity contribution < 1.29 is 15.1 Å². The lowest BCUT2D eigenvalue weighted by molar-refractivity contribution is -0.384. The molecule has 0 saturated carbocycles. The average molecular weight is 299 g/mol. The second-order valence-electron chi connectivity index (χ2n) is 4.60. The molecule has 0 aromatic heterocycles. The highest BCUT2D eigenvalue weighted by Gasteiger charge is 2.10. The molecule has 0 spiro atoms. The Morgan fingerprint density at radius 1 is 1.18 bits per heavy atom. The molecule has 2 aromatic carbocycles. The molecule has 0 unspecified atom stereocenters. The van der Waals surface area contributed by atoms with Crippen molar-refractivity contribution >= 4 is 11.4 Å². The van der Waals surface area contributed by atoms with Gasteiger partial charge in [-0.05, 0) is 30.2 Å². The fourth-order valence-electron chi connectivity index (χ4n) is 1.96. The highest BCUT2D eigenvalue weighted by molar-refractivity contribution is 5.62. The Bertz CT molecular complexity index is 753. The van der Waals surface area contributed by atoms with Crippen LogP contribution in [0.15, 0.2) is 36.4 Å². The van der Waals surface area contributed by atoms with Crippen molar-refractivity contribution in [3.05, 3.63) is 57.6 Å². The fourth-order valence-corrected chi connectivity index (χ4v) is 1.96. The molecule has 2 rings (SSSR count). The van der Waals surface area contributed by atoms with Crippen LogP contribution in [0.25, 0.3) is 0 Å². The molecule has 0 saturated heterocycles. The smallest absolute Gasteiger partial charge is 0.271 e. The summed E-state index contributed by atoms with van der Waals surface area (Å²) >= 11 is 0. The number of nitrogens with zero attached hydrogens (tertiary/aromatic N) is 2. The Balaban J connectivity index is 2.07. The number of rotatable bonds is 5. The summed E-state index contributed by atoms with van der Waals surface area (Å²) in [5.74, 6) is -0.396. The van der Waals surface area contributed by atoms with E-state index in [-0.39, 0.29) is 17.2 Å². The van der Waals surface area contributed by atoms with Gasteiger partial charge in [-0.25, -0.2) is 0 Å². The molecule has 0 atom stereocenters. The highest BCUT2D eigenvalue weighted by Crippen LogP contribution is 2.25. The van der Waals surface area contributed by atoms with Gasteiger partial charge in [-0.15, -0.1) is 0 Å². The third-order valence-electron chi connectivity index (χ3n) is 3.10. The van der Waals surface area contributed by atoms with Crippen molar-refractivity contribution in [1.82, 2.24) is 0 Å². The maximum atomic E-state index is 10.8. The zero-order valence-corrected chi connectivity index (χ0v) is 11.5. The van der Waals surface area contributed by atoms with E-state index in [4.69, 9.17) is 5.26 Å². The van der Waals surface area contributed by atoms with E-state index < -0.39 is 4.92 Å². The van der Waals surface area contributed by atoms with Gasteiger partial charge >= 0.3 is 0 Å². The van der Waals surface area contributed by atoms with Crippen LogP contribution in [-0.4, -0.2) is 21.7 Å². The van der Waals surface area contributed by atoms with E-state index in [1.54, 1.807) is 6.07 Å². The average Bonchev–Trinajstić information content (AvgIpc) is 2.50. The molecule has 2 aromatic rings. The molecule has 0 radical (unpaired) electrons. The Labute approximate surface area is 126 Å². The first kappa shape index (κ1) is 15.1. The van der Waals surface area contributed by atoms with Crippen molar-refractivity contribution in [2.45, 2.75) is 6.42 Å². The number of phenolic OH excluding ortho intramolecular Hbond substituents is 2. The van der Waals surface area contributed by atoms with Gasteiger partial charge in [-0.3, -0.25) is 10.1 Å². The summed E-state index contributed by atoms with van der Waals surface area (Å²) in [4.78, 5) is 10.2. The molecule has 7 nitrogen and oxygen atoms in total. The second kappa shape index (κ2) is 6.45. The van der Waals surface area contributed by atoms with Crippen LogP contribution in [0.2, 0.25) is 0 Å². The summed E-state index contributed by atoms with van der Waals surface area (Å²) < 4.78 is 0. The summed E-state index contributed by atoms with van der Waals surface area (Å²) in [6.07, 6.45) is 0.515. The second-order valence-corrected chi connectivity index (χ2v) is 4.60. The molecule has 22 heavy (non-hydrogen) atoms. The third-order valence-corrected chi connectivity index (χ3v) is 3.10. The van der Waals surface area contributed by atoms with Crippen LogP contribution in [0.5, 0.6) is 11.5 Å². The maximum absolute atomic E-state index is 10.8. The van der Waals surface area contributed by atoms with Gasteiger partial charge in [-0.2, -0.15) is 5.26 Å². The standard InChI is InChI=1S/C15H13N3O4/c16-9-11-2-3-12(18(21)22)8-13(11)17-6-5-10-1-4-14(19)15(20)7-10/h1-4,7-8,17,19-20H,5-6H2. The molecule has 3 N–H and O–H groups in total. The van der Waals surface area contributed by atoms with E-state index in [9.17, 15) is 20.3 Å². The highest BCUT2D eigenvalue weighted by atomic mass is 16.6. The topological polar surface area (TPSA) is 119 Å². The quantitative estimate of drug-likeness (QED) is 0.443. The minimum atomic E-state index is -0.523. The number of anilines is 1. The van der Waals surface area contributed by atoms with Gasteiger partial charge in [-0.1, -0.05) is 6.07 Å². The van der Waals surface area contributed by atoms with Crippen molar-refractivity contribution in [3.63, 3.8) is 0 Å². The van der Waals surface area contributed by atoms with Crippen LogP contribution in [0.4, 0.5) is 11.4 Å². The predicted octanol–water partition coefficient (Wildman–Crippen LogP) is 2.53. The van der Waals surface area contributed by atoms with Crippen LogP contribution >= 0.6 is 0 Å². The molecule has 0 aliphatic carbocycles. The lowest BCUT2D eigenvalue weighted by atomic mass is 10.1. The first-order chi connectivity index (χ1) is 10.5. The molecule has 0 bridgehead atoms. The van der Waals surface area contributed by atoms with Gasteiger partial charge in [0.15, 0.2) is 11.5 Å². The molecule has 7 heteroatoms. The summed E-state index contributed by atoms with van der Waals surface area (Å²) in [5.41, 5.74) is 1.40. The number of nitro groups is 1. The minimum absolute atomic E-state index is 0.0937. The zero-order chi connectivity index (χ0) is 16.1. The third kappa shape index (κ3) is 3.43. The molecule has 0 aliphatic rings. The number of nitro benzene ring substituents is 1. The Morgan fingerprint density at radius 2 is 1.95 bits per heavy atom. The summed E-state index contributed by atoms with van der Waals surface area (Å²) in [7, 11) is 0. The van der Waals surface area contributed by atoms with Gasteiger partial charge in [0, 0.05) is 18.7 Å². The lowest BCUT2D eigenvalue weighted by Gasteiger charge is -2.08. The van der Waals surface area contributed by atoms with E-state index in [1.807, 2.05) is 6.07 Å². The number of aromatic hydroxyl groups is 2. The fraction of sp³-hybridized carbons (Fsp3) is 0.133. The van der Waals surface area contributed by atoms with Crippen LogP contribution in [-0.2, 0) is 6.42 Å². The minimum Gasteiger partial charge on any atom is -0.504 e. The van der Waals surface area contributed by atoms with E-state index in [1.165, 1.54) is 30.3 Å². The van der Waals surface area contributed by atoms with Crippen molar-refractivity contribution in [2.24, 2.45) is 0 Å². The van der Waals surface area contributed by atoms with E-state index in [0.29, 0.717) is 24.2 Å². The van der Waals surface area contributed by atoms with Crippen molar-refractivity contribution in [2.75, 3.05) is 11.9 Å². The number of benzene rings is 2. The number of nitrogens with one attached hydrogen (secondary N) is 1. The zero-order valence-electron chi connectivity index (χ0n) is 11.5. The van der Waals surface area contributed by atoms with Crippen LogP contribution in [0.1, 0.15) is 11.1 Å². The largest absolute Gasteiger partial charge is 0.504 e. The maximum Gasteiger partial charge on any atom is 0.271 e. The molecule has 0 aliphatic heterocycles. The number of hydrogen-bond donors (Lipinski definition) is 3. The SMILES string of the molecule is N#Cc1ccc([N+](=O)[O-])cc1NCCc1ccc(O)c(O)c1. The summed E-state index contributed by atoms with van der Waals surface area (Å²) in [5, 5.41) is 41.4. The van der Waals surface area contributed by atoms with Crippen molar-refractivity contribution in [3.8, 4) is 17.6 Å². The van der Waals surface area contributed by atoms with Gasteiger partial charge < -0.3 is 15.5 Å². The van der Waals surface area contributed by atoms with E-state index >= 15 is 0 Å². The van der Waals surface area contributed by atoms with Crippen LogP contribution in [0, 0.1) is 21.4 Å². The number of non-ortho nitro benzene ring substituents is 1. The van der Waals surface area contributed by atoms with Crippen molar-refractivity contribution in [1.29, 1.82) is 5.26 Å². The molecule has 0 fully saturated rings. The monoisotopic (exact) mass is 299 g/mol. The van der Waals surface area contributed by atoms with Gasteiger partial charge in [0.25, 0.3) is 5.69 Å². The first-order valence-corrected chi connectivity index (χ1v) is 6.44. The molecule has 0 heterocycles. The molecule has 0 amide bonds. The Morgan fingerprint density at radius 3 is 2.59 bits per heavy atom. The first-order valence-electron chi connectivity index (χ1n) is 6.44. The predicted molar refractivity (Wildman–Crippen MR) is 79.8 cm³/mol. The van der Waals surface area contributed by atoms with Gasteiger partial charge in [0.05, 0.1) is 16.2 Å². The van der Waals surface area contributed by atoms with Gasteiger partial charge in [0.1, 0.15) is 6.07 Å². The number of phenols is 2. The Kier molecular flexibility index (Phi) is 4.44.